The highest BCUT2D eigenvalue weighted by Gasteiger charge is 2.23. The first kappa shape index (κ1) is 15.8. The van der Waals surface area contributed by atoms with Crippen LogP contribution in [0.15, 0.2) is 29.3 Å². The minimum atomic E-state index is -3.73. The summed E-state index contributed by atoms with van der Waals surface area (Å²) in [6.07, 6.45) is 1.70. The van der Waals surface area contributed by atoms with Crippen molar-refractivity contribution < 1.29 is 18.3 Å². The quantitative estimate of drug-likeness (QED) is 0.553. The molecule has 8 heteroatoms. The fourth-order valence-corrected chi connectivity index (χ4v) is 3.58. The maximum Gasteiger partial charge on any atom is 0.243 e. The van der Waals surface area contributed by atoms with Crippen molar-refractivity contribution in [2.75, 3.05) is 26.1 Å². The van der Waals surface area contributed by atoms with Crippen molar-refractivity contribution in [1.29, 1.82) is 0 Å². The van der Waals surface area contributed by atoms with Gasteiger partial charge in [-0.15, -0.1) is 0 Å². The Kier molecular flexibility index (Phi) is 4.84. The summed E-state index contributed by atoms with van der Waals surface area (Å²) in [5, 5.41) is 9.52. The molecule has 0 spiro atoms. The molecule has 2 aromatic rings. The topological polar surface area (TPSA) is 117 Å². The van der Waals surface area contributed by atoms with Crippen LogP contribution in [0.1, 0.15) is 6.42 Å². The Morgan fingerprint density at radius 3 is 2.90 bits per heavy atom. The summed E-state index contributed by atoms with van der Waals surface area (Å²) in [6, 6.07) is 4.54. The molecule has 0 aliphatic heterocycles. The molecular formula is C13H19N3O4S. The van der Waals surface area contributed by atoms with E-state index in [1.165, 1.54) is 13.3 Å². The molecule has 0 aliphatic carbocycles. The molecule has 7 nitrogen and oxygen atoms in total. The van der Waals surface area contributed by atoms with E-state index < -0.39 is 16.1 Å². The van der Waals surface area contributed by atoms with E-state index in [0.717, 1.165) is 0 Å². The molecular weight excluding hydrogens is 294 g/mol. The zero-order chi connectivity index (χ0) is 15.5. The van der Waals surface area contributed by atoms with Crippen LogP contribution >= 0.6 is 0 Å². The molecule has 0 aliphatic rings. The maximum absolute atomic E-state index is 12.5. The average Bonchev–Trinajstić information content (AvgIpc) is 2.82. The van der Waals surface area contributed by atoms with E-state index in [-0.39, 0.29) is 24.5 Å². The summed E-state index contributed by atoms with van der Waals surface area (Å²) in [7, 11) is -2.25. The molecule has 1 unspecified atom stereocenters. The molecule has 1 aromatic carbocycles. The summed E-state index contributed by atoms with van der Waals surface area (Å²) >= 11 is 0. The minimum absolute atomic E-state index is 0.128. The predicted molar refractivity (Wildman–Crippen MR) is 80.4 cm³/mol. The van der Waals surface area contributed by atoms with Gasteiger partial charge in [0.25, 0.3) is 0 Å². The summed E-state index contributed by atoms with van der Waals surface area (Å²) in [4.78, 5) is 3.03. The number of methoxy groups -OCH3 is 1. The summed E-state index contributed by atoms with van der Waals surface area (Å²) in [6.45, 7) is 0.0572. The number of sulfonamides is 1. The van der Waals surface area contributed by atoms with Gasteiger partial charge in [0.1, 0.15) is 4.90 Å². The highest BCUT2D eigenvalue weighted by atomic mass is 32.2. The lowest BCUT2D eigenvalue weighted by Gasteiger charge is -2.16. The van der Waals surface area contributed by atoms with Crippen LogP contribution in [0.4, 0.5) is 5.69 Å². The van der Waals surface area contributed by atoms with Crippen LogP contribution in [-0.2, 0) is 14.8 Å². The Morgan fingerprint density at radius 1 is 1.48 bits per heavy atom. The van der Waals surface area contributed by atoms with E-state index in [9.17, 15) is 8.42 Å². The molecule has 116 valence electrons. The SMILES string of the molecule is COCC(CCO)NS(=O)(=O)c1c[nH]c2ccc(N)cc12. The Hall–Kier alpha value is -1.61. The molecule has 1 aromatic heterocycles. The molecule has 0 fully saturated rings. The first-order valence-electron chi connectivity index (χ1n) is 6.46. The smallest absolute Gasteiger partial charge is 0.243 e. The van der Waals surface area contributed by atoms with E-state index in [1.807, 2.05) is 0 Å². The Bertz CT molecular complexity index is 705. The van der Waals surface area contributed by atoms with E-state index in [2.05, 4.69) is 9.71 Å². The zero-order valence-electron chi connectivity index (χ0n) is 11.7. The molecule has 0 bridgehead atoms. The summed E-state index contributed by atoms with van der Waals surface area (Å²) < 4.78 is 32.4. The number of rotatable bonds is 7. The minimum Gasteiger partial charge on any atom is -0.399 e. The molecule has 0 saturated carbocycles. The van der Waals surface area contributed by atoms with Gasteiger partial charge in [-0.3, -0.25) is 0 Å². The molecule has 0 radical (unpaired) electrons. The van der Waals surface area contributed by atoms with Crippen LogP contribution < -0.4 is 10.5 Å². The Balaban J connectivity index is 2.34. The number of fused-ring (bicyclic) bond motifs is 1. The number of nitrogens with two attached hydrogens (primary N) is 1. The highest BCUT2D eigenvalue weighted by Crippen LogP contribution is 2.24. The first-order chi connectivity index (χ1) is 9.97. The molecule has 1 heterocycles. The number of aromatic nitrogens is 1. The van der Waals surface area contributed by atoms with Crippen LogP contribution in [-0.4, -0.2) is 44.9 Å². The van der Waals surface area contributed by atoms with Crippen molar-refractivity contribution in [3.05, 3.63) is 24.4 Å². The molecule has 0 saturated heterocycles. The number of nitrogens with one attached hydrogen (secondary N) is 2. The summed E-state index contributed by atoms with van der Waals surface area (Å²) in [5.74, 6) is 0. The van der Waals surface area contributed by atoms with E-state index in [1.54, 1.807) is 18.2 Å². The van der Waals surface area contributed by atoms with Gasteiger partial charge in [-0.25, -0.2) is 13.1 Å². The number of aromatic amines is 1. The second-order valence-electron chi connectivity index (χ2n) is 4.74. The number of hydrogen-bond donors (Lipinski definition) is 4. The number of hydrogen-bond acceptors (Lipinski definition) is 5. The van der Waals surface area contributed by atoms with Crippen molar-refractivity contribution in [3.8, 4) is 0 Å². The fraction of sp³-hybridized carbons (Fsp3) is 0.385. The highest BCUT2D eigenvalue weighted by molar-refractivity contribution is 7.89. The van der Waals surface area contributed by atoms with Crippen LogP contribution in [0.2, 0.25) is 0 Å². The standard InChI is InChI=1S/C13H19N3O4S/c1-20-8-10(4-5-17)16-21(18,19)13-7-15-12-3-2-9(14)6-11(12)13/h2-3,6-7,10,15-17H,4-5,8,14H2,1H3. The molecule has 5 N–H and O–H groups in total. The number of nitrogen functional groups attached to an aromatic ring is 1. The lowest BCUT2D eigenvalue weighted by atomic mass is 10.2. The molecule has 21 heavy (non-hydrogen) atoms. The van der Waals surface area contributed by atoms with Gasteiger partial charge in [0.05, 0.1) is 6.61 Å². The molecule has 0 amide bonds. The van der Waals surface area contributed by atoms with Gasteiger partial charge in [-0.1, -0.05) is 0 Å². The number of aliphatic hydroxyl groups excluding tert-OH is 1. The Labute approximate surface area is 123 Å². The van der Waals surface area contributed by atoms with Crippen molar-refractivity contribution in [2.24, 2.45) is 0 Å². The predicted octanol–water partition coefficient (Wildman–Crippen LogP) is 0.426. The third-order valence-electron chi connectivity index (χ3n) is 3.12. The van der Waals surface area contributed by atoms with Crippen molar-refractivity contribution >= 4 is 26.6 Å². The number of ether oxygens (including phenoxy) is 1. The van der Waals surface area contributed by atoms with Crippen LogP contribution in [0, 0.1) is 0 Å². The van der Waals surface area contributed by atoms with E-state index in [0.29, 0.717) is 16.6 Å². The van der Waals surface area contributed by atoms with Gasteiger partial charge in [0.15, 0.2) is 0 Å². The van der Waals surface area contributed by atoms with Crippen LogP contribution in [0.3, 0.4) is 0 Å². The lowest BCUT2D eigenvalue weighted by molar-refractivity contribution is 0.158. The fourth-order valence-electron chi connectivity index (χ4n) is 2.15. The number of anilines is 1. The van der Waals surface area contributed by atoms with Gasteiger partial charge >= 0.3 is 0 Å². The van der Waals surface area contributed by atoms with E-state index in [4.69, 9.17) is 15.6 Å². The lowest BCUT2D eigenvalue weighted by Crippen LogP contribution is -2.38. The second kappa shape index (κ2) is 6.44. The van der Waals surface area contributed by atoms with E-state index >= 15 is 0 Å². The van der Waals surface area contributed by atoms with Crippen LogP contribution in [0.5, 0.6) is 0 Å². The van der Waals surface area contributed by atoms with Crippen molar-refractivity contribution in [1.82, 2.24) is 9.71 Å². The van der Waals surface area contributed by atoms with Crippen molar-refractivity contribution in [2.45, 2.75) is 17.4 Å². The number of aliphatic hydroxyl groups is 1. The van der Waals surface area contributed by atoms with Gasteiger partial charge in [0, 0.05) is 42.5 Å². The maximum atomic E-state index is 12.5. The largest absolute Gasteiger partial charge is 0.399 e. The third-order valence-corrected chi connectivity index (χ3v) is 4.69. The monoisotopic (exact) mass is 313 g/mol. The molecule has 1 atom stereocenters. The zero-order valence-corrected chi connectivity index (χ0v) is 12.5. The number of H-pyrrole nitrogens is 1. The van der Waals surface area contributed by atoms with Crippen LogP contribution in [0.25, 0.3) is 10.9 Å². The number of benzene rings is 1. The summed E-state index contributed by atoms with van der Waals surface area (Å²) in [5.41, 5.74) is 6.89. The van der Waals surface area contributed by atoms with Gasteiger partial charge in [-0.2, -0.15) is 0 Å². The van der Waals surface area contributed by atoms with Gasteiger partial charge in [-0.05, 0) is 24.6 Å². The van der Waals surface area contributed by atoms with Crippen molar-refractivity contribution in [3.63, 3.8) is 0 Å². The molecule has 2 rings (SSSR count). The normalized spacial score (nSPS) is 13.6. The second-order valence-corrected chi connectivity index (χ2v) is 6.43. The third kappa shape index (κ3) is 3.53. The Morgan fingerprint density at radius 2 is 2.24 bits per heavy atom. The first-order valence-corrected chi connectivity index (χ1v) is 7.95. The average molecular weight is 313 g/mol. The van der Waals surface area contributed by atoms with Gasteiger partial charge in [0.2, 0.25) is 10.0 Å². The van der Waals surface area contributed by atoms with Gasteiger partial charge < -0.3 is 20.6 Å².